The Labute approximate surface area is 130 Å². The maximum atomic E-state index is 11.9. The Morgan fingerprint density at radius 1 is 1.10 bits per heavy atom. The van der Waals surface area contributed by atoms with Crippen LogP contribution in [-0.2, 0) is 13.0 Å². The number of nitrogens with one attached hydrogen (secondary N) is 2. The van der Waals surface area contributed by atoms with E-state index in [0.717, 1.165) is 12.0 Å². The van der Waals surface area contributed by atoms with Gasteiger partial charge < -0.3 is 10.6 Å². The van der Waals surface area contributed by atoms with Gasteiger partial charge in [-0.3, -0.25) is 0 Å². The van der Waals surface area contributed by atoms with Crippen LogP contribution in [-0.4, -0.2) is 12.1 Å². The Morgan fingerprint density at radius 3 is 2.48 bits per heavy atom. The Morgan fingerprint density at radius 2 is 1.76 bits per heavy atom. The van der Waals surface area contributed by atoms with Gasteiger partial charge in [-0.2, -0.15) is 0 Å². The van der Waals surface area contributed by atoms with Gasteiger partial charge in [0.25, 0.3) is 0 Å². The largest absolute Gasteiger partial charge is 0.335 e. The molecule has 0 radical (unpaired) electrons. The molecule has 2 rings (SSSR count). The van der Waals surface area contributed by atoms with Crippen molar-refractivity contribution in [1.82, 2.24) is 10.6 Å². The Balaban J connectivity index is 1.78. The van der Waals surface area contributed by atoms with Crippen molar-refractivity contribution >= 4 is 17.6 Å². The van der Waals surface area contributed by atoms with Gasteiger partial charge in [0.2, 0.25) is 0 Å². The average molecular weight is 303 g/mol. The van der Waals surface area contributed by atoms with Gasteiger partial charge in [-0.05, 0) is 30.5 Å². The highest BCUT2D eigenvalue weighted by molar-refractivity contribution is 6.31. The standard InChI is InChI=1S/C17H19ClN2O/c1-13(11-14-7-3-2-4-8-14)20-17(21)19-12-15-9-5-6-10-16(15)18/h2-10,13H,11-12H2,1H3,(H2,19,20,21)/t13-/m0/s1. The van der Waals surface area contributed by atoms with Crippen molar-refractivity contribution in [2.24, 2.45) is 0 Å². The van der Waals surface area contributed by atoms with Crippen LogP contribution in [0.2, 0.25) is 5.02 Å². The summed E-state index contributed by atoms with van der Waals surface area (Å²) in [7, 11) is 0. The van der Waals surface area contributed by atoms with Gasteiger partial charge in [0.05, 0.1) is 0 Å². The minimum absolute atomic E-state index is 0.0682. The van der Waals surface area contributed by atoms with Crippen molar-refractivity contribution in [1.29, 1.82) is 0 Å². The molecule has 110 valence electrons. The van der Waals surface area contributed by atoms with E-state index in [2.05, 4.69) is 22.8 Å². The molecule has 2 N–H and O–H groups in total. The third-order valence-electron chi connectivity index (χ3n) is 3.16. The van der Waals surface area contributed by atoms with E-state index in [-0.39, 0.29) is 12.1 Å². The number of halogens is 1. The molecule has 0 saturated heterocycles. The second kappa shape index (κ2) is 7.70. The summed E-state index contributed by atoms with van der Waals surface area (Å²) in [6.07, 6.45) is 0.806. The molecule has 1 atom stereocenters. The second-order valence-electron chi connectivity index (χ2n) is 5.01. The van der Waals surface area contributed by atoms with Crippen molar-refractivity contribution in [2.45, 2.75) is 25.9 Å². The fraction of sp³-hybridized carbons (Fsp3) is 0.235. The molecule has 0 aliphatic heterocycles. The molecule has 2 amide bonds. The first-order valence-electron chi connectivity index (χ1n) is 6.97. The third-order valence-corrected chi connectivity index (χ3v) is 3.53. The Bertz CT molecular complexity index is 586. The molecule has 0 bridgehead atoms. The van der Waals surface area contributed by atoms with Crippen molar-refractivity contribution in [3.63, 3.8) is 0 Å². The van der Waals surface area contributed by atoms with Crippen LogP contribution < -0.4 is 10.6 Å². The van der Waals surface area contributed by atoms with E-state index < -0.39 is 0 Å². The summed E-state index contributed by atoms with van der Waals surface area (Å²) in [5.74, 6) is 0. The van der Waals surface area contributed by atoms with Gasteiger partial charge in [0.15, 0.2) is 0 Å². The van der Waals surface area contributed by atoms with Crippen LogP contribution >= 0.6 is 11.6 Å². The average Bonchev–Trinajstić information content (AvgIpc) is 2.47. The lowest BCUT2D eigenvalue weighted by Crippen LogP contribution is -2.41. The van der Waals surface area contributed by atoms with Crippen LogP contribution in [0, 0.1) is 0 Å². The first kappa shape index (κ1) is 15.4. The van der Waals surface area contributed by atoms with E-state index in [4.69, 9.17) is 11.6 Å². The molecule has 0 fully saturated rings. The summed E-state index contributed by atoms with van der Waals surface area (Å²) in [6.45, 7) is 2.41. The predicted octanol–water partition coefficient (Wildman–Crippen LogP) is 3.77. The van der Waals surface area contributed by atoms with E-state index in [1.54, 1.807) is 0 Å². The number of hydrogen-bond donors (Lipinski definition) is 2. The molecule has 0 heterocycles. The normalized spacial score (nSPS) is 11.7. The SMILES string of the molecule is C[C@@H](Cc1ccccc1)NC(=O)NCc1ccccc1Cl. The monoisotopic (exact) mass is 302 g/mol. The predicted molar refractivity (Wildman–Crippen MR) is 86.4 cm³/mol. The summed E-state index contributed by atoms with van der Waals surface area (Å²) in [4.78, 5) is 11.9. The molecule has 4 heteroatoms. The molecule has 0 aliphatic carbocycles. The number of urea groups is 1. The summed E-state index contributed by atoms with van der Waals surface area (Å²) in [5.41, 5.74) is 2.11. The highest BCUT2D eigenvalue weighted by atomic mass is 35.5. The fourth-order valence-corrected chi connectivity index (χ4v) is 2.31. The molecule has 21 heavy (non-hydrogen) atoms. The summed E-state index contributed by atoms with van der Waals surface area (Å²) in [6, 6.07) is 17.5. The van der Waals surface area contributed by atoms with E-state index in [0.29, 0.717) is 11.6 Å². The summed E-state index contributed by atoms with van der Waals surface area (Å²) in [5, 5.41) is 6.41. The van der Waals surface area contributed by atoms with Crippen LogP contribution in [0.25, 0.3) is 0 Å². The molecular formula is C17H19ClN2O. The molecule has 0 aliphatic rings. The third kappa shape index (κ3) is 5.12. The molecule has 2 aromatic rings. The molecule has 0 unspecified atom stereocenters. The van der Waals surface area contributed by atoms with Gasteiger partial charge in [0.1, 0.15) is 0 Å². The molecule has 0 aromatic heterocycles. The smallest absolute Gasteiger partial charge is 0.315 e. The number of rotatable bonds is 5. The summed E-state index contributed by atoms with van der Waals surface area (Å²) >= 11 is 6.05. The summed E-state index contributed by atoms with van der Waals surface area (Å²) < 4.78 is 0. The van der Waals surface area contributed by atoms with Crippen molar-refractivity contribution < 1.29 is 4.79 Å². The van der Waals surface area contributed by atoms with Crippen LogP contribution in [0.4, 0.5) is 4.79 Å². The second-order valence-corrected chi connectivity index (χ2v) is 5.42. The number of hydrogen-bond acceptors (Lipinski definition) is 1. The topological polar surface area (TPSA) is 41.1 Å². The van der Waals surface area contributed by atoms with E-state index in [1.807, 2.05) is 49.4 Å². The quantitative estimate of drug-likeness (QED) is 0.867. The molecule has 3 nitrogen and oxygen atoms in total. The van der Waals surface area contributed by atoms with Crippen LogP contribution in [0.3, 0.4) is 0 Å². The van der Waals surface area contributed by atoms with Gasteiger partial charge >= 0.3 is 6.03 Å². The zero-order valence-electron chi connectivity index (χ0n) is 12.0. The van der Waals surface area contributed by atoms with E-state index in [1.165, 1.54) is 5.56 Å². The minimum atomic E-state index is -0.182. The minimum Gasteiger partial charge on any atom is -0.335 e. The van der Waals surface area contributed by atoms with Crippen LogP contribution in [0.5, 0.6) is 0 Å². The van der Waals surface area contributed by atoms with Gasteiger partial charge in [-0.1, -0.05) is 60.1 Å². The maximum Gasteiger partial charge on any atom is 0.315 e. The van der Waals surface area contributed by atoms with E-state index in [9.17, 15) is 4.79 Å². The molecule has 0 saturated carbocycles. The van der Waals surface area contributed by atoms with E-state index >= 15 is 0 Å². The maximum absolute atomic E-state index is 11.9. The lowest BCUT2D eigenvalue weighted by atomic mass is 10.1. The first-order valence-corrected chi connectivity index (χ1v) is 7.34. The molecular weight excluding hydrogens is 284 g/mol. The van der Waals surface area contributed by atoms with Crippen molar-refractivity contribution in [2.75, 3.05) is 0 Å². The number of benzene rings is 2. The lowest BCUT2D eigenvalue weighted by molar-refractivity contribution is 0.237. The number of carbonyl (C=O) groups excluding carboxylic acids is 1. The Hall–Kier alpha value is -2.00. The number of carbonyl (C=O) groups is 1. The van der Waals surface area contributed by atoms with Crippen molar-refractivity contribution in [3.8, 4) is 0 Å². The Kier molecular flexibility index (Phi) is 5.64. The zero-order valence-corrected chi connectivity index (χ0v) is 12.7. The zero-order chi connectivity index (χ0) is 15.1. The van der Waals surface area contributed by atoms with Gasteiger partial charge in [0, 0.05) is 17.6 Å². The number of amides is 2. The van der Waals surface area contributed by atoms with Crippen LogP contribution in [0.1, 0.15) is 18.1 Å². The fourth-order valence-electron chi connectivity index (χ4n) is 2.11. The van der Waals surface area contributed by atoms with Gasteiger partial charge in [-0.25, -0.2) is 4.79 Å². The highest BCUT2D eigenvalue weighted by Crippen LogP contribution is 2.14. The van der Waals surface area contributed by atoms with Crippen LogP contribution in [0.15, 0.2) is 54.6 Å². The lowest BCUT2D eigenvalue weighted by Gasteiger charge is -2.15. The first-order chi connectivity index (χ1) is 10.1. The van der Waals surface area contributed by atoms with Gasteiger partial charge in [-0.15, -0.1) is 0 Å². The highest BCUT2D eigenvalue weighted by Gasteiger charge is 2.08. The molecule has 0 spiro atoms. The molecule has 2 aromatic carbocycles. The van der Waals surface area contributed by atoms with Crippen molar-refractivity contribution in [3.05, 3.63) is 70.7 Å².